The summed E-state index contributed by atoms with van der Waals surface area (Å²) in [5, 5.41) is 8.63. The molecular weight excluding hydrogens is 241 g/mol. The summed E-state index contributed by atoms with van der Waals surface area (Å²) < 4.78 is 36.2. The van der Waals surface area contributed by atoms with E-state index in [2.05, 4.69) is 6.58 Å². The minimum Gasteiger partial charge on any atom is -0.478 e. The SMILES string of the molecule is C=C(C(=O)O)c1cccc(SC(F)(F)F)c1. The van der Waals surface area contributed by atoms with Crippen LogP contribution in [0.4, 0.5) is 13.2 Å². The molecule has 0 heterocycles. The maximum atomic E-state index is 12.1. The first-order valence-electron chi connectivity index (χ1n) is 4.08. The van der Waals surface area contributed by atoms with Crippen molar-refractivity contribution < 1.29 is 23.1 Å². The fraction of sp³-hybridized carbons (Fsp3) is 0.100. The van der Waals surface area contributed by atoms with Crippen LogP contribution in [0.3, 0.4) is 0 Å². The van der Waals surface area contributed by atoms with Crippen molar-refractivity contribution in [1.29, 1.82) is 0 Å². The van der Waals surface area contributed by atoms with Gasteiger partial charge in [0.1, 0.15) is 0 Å². The van der Waals surface area contributed by atoms with Crippen molar-refractivity contribution in [3.63, 3.8) is 0 Å². The predicted octanol–water partition coefficient (Wildman–Crippen LogP) is 3.40. The van der Waals surface area contributed by atoms with E-state index in [1.165, 1.54) is 18.2 Å². The standard InChI is InChI=1S/C10H7F3O2S/c1-6(9(14)15)7-3-2-4-8(5-7)16-10(11,12)13/h2-5H,1H2,(H,14,15). The lowest BCUT2D eigenvalue weighted by molar-refractivity contribution is -0.130. The van der Waals surface area contributed by atoms with Crippen molar-refractivity contribution in [3.8, 4) is 0 Å². The molecule has 0 aliphatic rings. The number of hydrogen-bond donors (Lipinski definition) is 1. The van der Waals surface area contributed by atoms with Crippen LogP contribution in [0.1, 0.15) is 5.56 Å². The zero-order valence-corrected chi connectivity index (χ0v) is 8.73. The lowest BCUT2D eigenvalue weighted by Gasteiger charge is -2.07. The zero-order chi connectivity index (χ0) is 12.3. The first-order valence-corrected chi connectivity index (χ1v) is 4.89. The second kappa shape index (κ2) is 4.61. The third-order valence-corrected chi connectivity index (χ3v) is 2.40. The van der Waals surface area contributed by atoms with Crippen molar-refractivity contribution in [1.82, 2.24) is 0 Å². The second-order valence-electron chi connectivity index (χ2n) is 2.86. The van der Waals surface area contributed by atoms with Crippen LogP contribution in [0, 0.1) is 0 Å². The highest BCUT2D eigenvalue weighted by molar-refractivity contribution is 8.00. The number of hydrogen-bond acceptors (Lipinski definition) is 2. The van der Waals surface area contributed by atoms with Gasteiger partial charge in [-0.1, -0.05) is 18.7 Å². The molecule has 0 bridgehead atoms. The maximum Gasteiger partial charge on any atom is 0.446 e. The van der Waals surface area contributed by atoms with Crippen LogP contribution < -0.4 is 0 Å². The number of benzene rings is 1. The first-order chi connectivity index (χ1) is 7.29. The smallest absolute Gasteiger partial charge is 0.446 e. The summed E-state index contributed by atoms with van der Waals surface area (Å²) in [5.74, 6) is -1.26. The van der Waals surface area contributed by atoms with Crippen LogP contribution in [-0.2, 0) is 4.79 Å². The minimum atomic E-state index is -4.39. The Morgan fingerprint density at radius 1 is 1.38 bits per heavy atom. The van der Waals surface area contributed by atoms with E-state index in [9.17, 15) is 18.0 Å². The van der Waals surface area contributed by atoms with Gasteiger partial charge in [-0.3, -0.25) is 0 Å². The molecule has 0 aliphatic carbocycles. The second-order valence-corrected chi connectivity index (χ2v) is 4.00. The predicted molar refractivity (Wildman–Crippen MR) is 55.0 cm³/mol. The Balaban J connectivity index is 2.96. The van der Waals surface area contributed by atoms with Crippen molar-refractivity contribution in [2.75, 3.05) is 0 Å². The Kier molecular flexibility index (Phi) is 3.64. The molecular formula is C10H7F3O2S. The van der Waals surface area contributed by atoms with E-state index in [0.717, 1.165) is 6.07 Å². The Hall–Kier alpha value is -1.43. The van der Waals surface area contributed by atoms with Gasteiger partial charge in [0, 0.05) is 4.90 Å². The average molecular weight is 248 g/mol. The van der Waals surface area contributed by atoms with Gasteiger partial charge in [-0.2, -0.15) is 13.2 Å². The van der Waals surface area contributed by atoms with Crippen LogP contribution in [0.5, 0.6) is 0 Å². The Bertz CT molecular complexity index is 426. The van der Waals surface area contributed by atoms with Gasteiger partial charge in [-0.15, -0.1) is 0 Å². The van der Waals surface area contributed by atoms with Gasteiger partial charge >= 0.3 is 11.5 Å². The molecule has 0 aromatic heterocycles. The van der Waals surface area contributed by atoms with Crippen LogP contribution >= 0.6 is 11.8 Å². The molecule has 1 aromatic rings. The summed E-state index contributed by atoms with van der Waals surface area (Å²) in [6, 6.07) is 5.17. The lowest BCUT2D eigenvalue weighted by atomic mass is 10.1. The molecule has 0 atom stereocenters. The molecule has 86 valence electrons. The third-order valence-electron chi connectivity index (χ3n) is 1.67. The monoisotopic (exact) mass is 248 g/mol. The minimum absolute atomic E-state index is 0.0626. The number of carbonyl (C=O) groups is 1. The maximum absolute atomic E-state index is 12.1. The summed E-state index contributed by atoms with van der Waals surface area (Å²) in [6.45, 7) is 3.27. The van der Waals surface area contributed by atoms with Gasteiger partial charge in [0.2, 0.25) is 0 Å². The van der Waals surface area contributed by atoms with Gasteiger partial charge in [0.25, 0.3) is 0 Å². The molecule has 1 aromatic carbocycles. The summed E-state index contributed by atoms with van der Waals surface area (Å²) in [7, 11) is 0. The number of carboxylic acid groups (broad SMARTS) is 1. The van der Waals surface area contributed by atoms with Crippen LogP contribution in [0.25, 0.3) is 5.57 Å². The zero-order valence-electron chi connectivity index (χ0n) is 7.91. The highest BCUT2D eigenvalue weighted by atomic mass is 32.2. The average Bonchev–Trinajstić information content (AvgIpc) is 2.14. The summed E-state index contributed by atoms with van der Waals surface area (Å²) in [6.07, 6.45) is 0. The number of aliphatic carboxylic acids is 1. The van der Waals surface area contributed by atoms with Crippen LogP contribution in [-0.4, -0.2) is 16.6 Å². The number of rotatable bonds is 3. The molecule has 1 rings (SSSR count). The summed E-state index contributed by atoms with van der Waals surface area (Å²) >= 11 is -0.290. The molecule has 0 amide bonds. The van der Waals surface area contributed by atoms with Gasteiger partial charge in [-0.05, 0) is 29.5 Å². The largest absolute Gasteiger partial charge is 0.478 e. The number of alkyl halides is 3. The number of thioether (sulfide) groups is 1. The normalized spacial score (nSPS) is 11.2. The highest BCUT2D eigenvalue weighted by Crippen LogP contribution is 2.37. The van der Waals surface area contributed by atoms with Gasteiger partial charge in [-0.25, -0.2) is 4.79 Å². The topological polar surface area (TPSA) is 37.3 Å². The lowest BCUT2D eigenvalue weighted by Crippen LogP contribution is -2.01. The fourth-order valence-electron chi connectivity index (χ4n) is 1.00. The number of carboxylic acids is 1. The van der Waals surface area contributed by atoms with Gasteiger partial charge < -0.3 is 5.11 Å². The molecule has 0 fully saturated rings. The Labute approximate surface area is 93.8 Å². The molecule has 2 nitrogen and oxygen atoms in total. The molecule has 0 unspecified atom stereocenters. The van der Waals surface area contributed by atoms with E-state index >= 15 is 0 Å². The van der Waals surface area contributed by atoms with Gasteiger partial charge in [0.05, 0.1) is 5.57 Å². The molecule has 6 heteroatoms. The number of halogens is 3. The van der Waals surface area contributed by atoms with E-state index in [-0.39, 0.29) is 27.8 Å². The molecule has 0 radical (unpaired) electrons. The van der Waals surface area contributed by atoms with E-state index in [1.807, 2.05) is 0 Å². The fourth-order valence-corrected chi connectivity index (χ4v) is 1.60. The van der Waals surface area contributed by atoms with Gasteiger partial charge in [0.15, 0.2) is 0 Å². The van der Waals surface area contributed by atoms with Crippen molar-refractivity contribution in [2.24, 2.45) is 0 Å². The van der Waals surface area contributed by atoms with Crippen molar-refractivity contribution in [3.05, 3.63) is 36.4 Å². The van der Waals surface area contributed by atoms with E-state index < -0.39 is 11.5 Å². The van der Waals surface area contributed by atoms with Crippen LogP contribution in [0.2, 0.25) is 0 Å². The van der Waals surface area contributed by atoms with E-state index in [4.69, 9.17) is 5.11 Å². The molecule has 0 saturated carbocycles. The molecule has 16 heavy (non-hydrogen) atoms. The van der Waals surface area contributed by atoms with E-state index in [0.29, 0.717) is 0 Å². The molecule has 0 saturated heterocycles. The van der Waals surface area contributed by atoms with E-state index in [1.54, 1.807) is 0 Å². The van der Waals surface area contributed by atoms with Crippen molar-refractivity contribution in [2.45, 2.75) is 10.4 Å². The molecule has 0 aliphatic heterocycles. The Morgan fingerprint density at radius 2 is 2.00 bits per heavy atom. The van der Waals surface area contributed by atoms with Crippen LogP contribution in [0.15, 0.2) is 35.7 Å². The Morgan fingerprint density at radius 3 is 2.50 bits per heavy atom. The molecule has 0 spiro atoms. The first kappa shape index (κ1) is 12.6. The third kappa shape index (κ3) is 3.62. The highest BCUT2D eigenvalue weighted by Gasteiger charge is 2.29. The molecule has 1 N–H and O–H groups in total. The van der Waals surface area contributed by atoms with Crippen molar-refractivity contribution >= 4 is 23.3 Å². The summed E-state index contributed by atoms with van der Waals surface area (Å²) in [4.78, 5) is 10.5. The quantitative estimate of drug-likeness (QED) is 0.658. The summed E-state index contributed by atoms with van der Waals surface area (Å²) in [5.41, 5.74) is -4.45.